The van der Waals surface area contributed by atoms with E-state index in [1.54, 1.807) is 0 Å². The van der Waals surface area contributed by atoms with Crippen LogP contribution in [0.2, 0.25) is 0 Å². The Labute approximate surface area is 357 Å². The fourth-order valence-corrected chi connectivity index (χ4v) is 5.89. The smallest absolute Gasteiger partial charge is 0.306 e. The molecule has 5 nitrogen and oxygen atoms in total. The standard InChI is InChI=1S/C53H86O5/c1-4-7-10-13-15-17-19-21-23-25-26-27-29-31-33-35-37-39-42-45-48-56-49-51(58-53(55)47-44-40-12-9-6-3)50-57-52(54)46-43-41-38-36-34-32-30-28-24-22-20-18-16-14-11-8-5-2/h7-8,10-11,15-18,21-24,26-27,30,32,36,38,51H,4-6,9,12-14,19-20,25,28-29,31,33-35,37,39-50H2,1-3H3/b10-7-,11-8-,17-15-,18-16-,23-21-,24-22-,27-26-,32-30-,38-36-. The van der Waals surface area contributed by atoms with E-state index in [1.807, 2.05) is 0 Å². The molecule has 0 aromatic carbocycles. The predicted octanol–water partition coefficient (Wildman–Crippen LogP) is 15.7. The number of unbranched alkanes of at least 4 members (excludes halogenated alkanes) is 12. The van der Waals surface area contributed by atoms with Crippen molar-refractivity contribution < 1.29 is 23.8 Å². The van der Waals surface area contributed by atoms with Crippen molar-refractivity contribution in [2.45, 2.75) is 194 Å². The van der Waals surface area contributed by atoms with Crippen molar-refractivity contribution in [3.63, 3.8) is 0 Å². The molecule has 0 N–H and O–H groups in total. The maximum Gasteiger partial charge on any atom is 0.306 e. The molecule has 0 aliphatic rings. The second-order valence-corrected chi connectivity index (χ2v) is 14.9. The Bertz CT molecular complexity index is 1180. The van der Waals surface area contributed by atoms with Crippen LogP contribution < -0.4 is 0 Å². The summed E-state index contributed by atoms with van der Waals surface area (Å²) in [6.45, 7) is 7.42. The van der Waals surface area contributed by atoms with E-state index in [4.69, 9.17) is 14.2 Å². The Kier molecular flexibility index (Phi) is 45.1. The third-order valence-electron chi connectivity index (χ3n) is 9.30. The van der Waals surface area contributed by atoms with Crippen LogP contribution in [0.25, 0.3) is 0 Å². The molecule has 0 saturated carbocycles. The Morgan fingerprint density at radius 2 is 0.793 bits per heavy atom. The molecule has 0 fully saturated rings. The molecular formula is C53H86O5. The quantitative estimate of drug-likeness (QED) is 0.0350. The Balaban J connectivity index is 4.17. The third kappa shape index (κ3) is 45.3. The fraction of sp³-hybridized carbons (Fsp3) is 0.623. The molecule has 58 heavy (non-hydrogen) atoms. The summed E-state index contributed by atoms with van der Waals surface area (Å²) in [6.07, 6.45) is 65.6. The number of allylic oxidation sites excluding steroid dienone is 18. The van der Waals surface area contributed by atoms with Crippen molar-refractivity contribution in [1.82, 2.24) is 0 Å². The zero-order chi connectivity index (χ0) is 42.1. The molecule has 0 saturated heterocycles. The molecule has 0 bridgehead atoms. The Hall–Kier alpha value is -3.44. The lowest BCUT2D eigenvalue weighted by Gasteiger charge is -2.18. The number of hydrogen-bond donors (Lipinski definition) is 0. The van der Waals surface area contributed by atoms with Crippen LogP contribution in [0.15, 0.2) is 109 Å². The molecule has 1 atom stereocenters. The van der Waals surface area contributed by atoms with E-state index in [1.165, 1.54) is 44.9 Å². The molecule has 0 heterocycles. The molecule has 0 aromatic heterocycles. The molecule has 1 unspecified atom stereocenters. The summed E-state index contributed by atoms with van der Waals surface area (Å²) in [5.74, 6) is -0.493. The Morgan fingerprint density at radius 1 is 0.397 bits per heavy atom. The van der Waals surface area contributed by atoms with Gasteiger partial charge in [0.2, 0.25) is 0 Å². The topological polar surface area (TPSA) is 61.8 Å². The minimum Gasteiger partial charge on any atom is -0.462 e. The Morgan fingerprint density at radius 3 is 1.29 bits per heavy atom. The highest BCUT2D eigenvalue weighted by atomic mass is 16.6. The molecule has 5 heteroatoms. The number of carbonyl (C=O) groups is 2. The first-order valence-electron chi connectivity index (χ1n) is 23.4. The van der Waals surface area contributed by atoms with Gasteiger partial charge in [-0.1, -0.05) is 188 Å². The third-order valence-corrected chi connectivity index (χ3v) is 9.30. The van der Waals surface area contributed by atoms with E-state index in [-0.39, 0.29) is 25.2 Å². The predicted molar refractivity (Wildman–Crippen MR) is 251 cm³/mol. The van der Waals surface area contributed by atoms with Gasteiger partial charge in [0, 0.05) is 19.4 Å². The van der Waals surface area contributed by atoms with E-state index in [0.29, 0.717) is 19.4 Å². The van der Waals surface area contributed by atoms with Gasteiger partial charge in [-0.2, -0.15) is 0 Å². The highest BCUT2D eigenvalue weighted by molar-refractivity contribution is 5.70. The molecule has 328 valence electrons. The number of hydrogen-bond acceptors (Lipinski definition) is 5. The molecule has 0 radical (unpaired) electrons. The van der Waals surface area contributed by atoms with Crippen molar-refractivity contribution in [3.05, 3.63) is 109 Å². The zero-order valence-electron chi connectivity index (χ0n) is 37.5. The van der Waals surface area contributed by atoms with E-state index >= 15 is 0 Å². The van der Waals surface area contributed by atoms with Crippen molar-refractivity contribution >= 4 is 11.9 Å². The maximum absolute atomic E-state index is 12.6. The second kappa shape index (κ2) is 47.9. The van der Waals surface area contributed by atoms with Gasteiger partial charge in [-0.15, -0.1) is 0 Å². The summed E-state index contributed by atoms with van der Waals surface area (Å²) in [6, 6.07) is 0. The van der Waals surface area contributed by atoms with E-state index < -0.39 is 6.10 Å². The first-order chi connectivity index (χ1) is 28.6. The average Bonchev–Trinajstić information content (AvgIpc) is 3.22. The molecular weight excluding hydrogens is 717 g/mol. The van der Waals surface area contributed by atoms with Gasteiger partial charge in [0.05, 0.1) is 6.61 Å². The van der Waals surface area contributed by atoms with Crippen LogP contribution in [0, 0.1) is 0 Å². The first-order valence-corrected chi connectivity index (χ1v) is 23.4. The molecule has 0 aliphatic carbocycles. The maximum atomic E-state index is 12.6. The number of rotatable bonds is 41. The molecule has 0 spiro atoms. The summed E-state index contributed by atoms with van der Waals surface area (Å²) < 4.78 is 17.2. The fourth-order valence-electron chi connectivity index (χ4n) is 5.89. The van der Waals surface area contributed by atoms with Crippen molar-refractivity contribution in [2.24, 2.45) is 0 Å². The van der Waals surface area contributed by atoms with Crippen molar-refractivity contribution in [1.29, 1.82) is 0 Å². The van der Waals surface area contributed by atoms with Crippen LogP contribution >= 0.6 is 0 Å². The van der Waals surface area contributed by atoms with Crippen molar-refractivity contribution in [3.8, 4) is 0 Å². The van der Waals surface area contributed by atoms with Gasteiger partial charge in [0.15, 0.2) is 6.10 Å². The van der Waals surface area contributed by atoms with Crippen LogP contribution in [0.1, 0.15) is 188 Å². The van der Waals surface area contributed by atoms with E-state index in [9.17, 15) is 9.59 Å². The molecule has 0 aromatic rings. The molecule has 0 amide bonds. The normalized spacial score (nSPS) is 13.2. The minimum atomic E-state index is -0.566. The van der Waals surface area contributed by atoms with Crippen LogP contribution in [0.4, 0.5) is 0 Å². The van der Waals surface area contributed by atoms with Gasteiger partial charge in [0.1, 0.15) is 6.61 Å². The summed E-state index contributed by atoms with van der Waals surface area (Å²) in [7, 11) is 0. The molecule has 0 rings (SSSR count). The van der Waals surface area contributed by atoms with Crippen LogP contribution in [0.3, 0.4) is 0 Å². The van der Waals surface area contributed by atoms with Gasteiger partial charge in [-0.25, -0.2) is 0 Å². The SMILES string of the molecule is CC/C=C\C/C=C\C/C=C\C/C=C\C/C=C\CCCC(=O)OCC(COCCCCCCCCC/C=C\C/C=C\C/C=C\C/C=C\CC)OC(=O)CCCCCCC. The van der Waals surface area contributed by atoms with Gasteiger partial charge in [0.25, 0.3) is 0 Å². The number of ether oxygens (including phenoxy) is 3. The average molecular weight is 803 g/mol. The highest BCUT2D eigenvalue weighted by Crippen LogP contribution is 2.11. The van der Waals surface area contributed by atoms with E-state index in [2.05, 4.69) is 130 Å². The van der Waals surface area contributed by atoms with Gasteiger partial charge >= 0.3 is 11.9 Å². The second-order valence-electron chi connectivity index (χ2n) is 14.9. The molecule has 0 aliphatic heterocycles. The van der Waals surface area contributed by atoms with Gasteiger partial charge in [-0.3, -0.25) is 9.59 Å². The number of esters is 2. The minimum absolute atomic E-state index is 0.0446. The van der Waals surface area contributed by atoms with Crippen LogP contribution in [-0.4, -0.2) is 37.9 Å². The van der Waals surface area contributed by atoms with Gasteiger partial charge < -0.3 is 14.2 Å². The van der Waals surface area contributed by atoms with Crippen LogP contribution in [0.5, 0.6) is 0 Å². The summed E-state index contributed by atoms with van der Waals surface area (Å²) in [4.78, 5) is 25.0. The monoisotopic (exact) mass is 803 g/mol. The van der Waals surface area contributed by atoms with Gasteiger partial charge in [-0.05, 0) is 96.3 Å². The van der Waals surface area contributed by atoms with E-state index in [0.717, 1.165) is 109 Å². The summed E-state index contributed by atoms with van der Waals surface area (Å²) in [5.41, 5.74) is 0. The lowest BCUT2D eigenvalue weighted by molar-refractivity contribution is -0.163. The van der Waals surface area contributed by atoms with Crippen LogP contribution in [-0.2, 0) is 23.8 Å². The lowest BCUT2D eigenvalue weighted by atomic mass is 10.1. The number of carbonyl (C=O) groups excluding carboxylic acids is 2. The first kappa shape index (κ1) is 54.6. The summed E-state index contributed by atoms with van der Waals surface area (Å²) in [5, 5.41) is 0. The highest BCUT2D eigenvalue weighted by Gasteiger charge is 2.17. The lowest BCUT2D eigenvalue weighted by Crippen LogP contribution is -2.30. The zero-order valence-corrected chi connectivity index (χ0v) is 37.5. The van der Waals surface area contributed by atoms with Crippen molar-refractivity contribution in [2.75, 3.05) is 19.8 Å². The summed E-state index contributed by atoms with van der Waals surface area (Å²) >= 11 is 0. The largest absolute Gasteiger partial charge is 0.462 e.